The molecule has 2 bridgehead atoms. The SMILES string of the molecule is CC[C@@]1(O)C(=O)OCn2c1cc1c(c2=O)Cc2c-1nc1ccccc1c2C=NCCC(=O)O[C@@H](C(=O)O[C@H]1C[C@@]2(O)[C@@H](OC(=O)c3ccccc3)[C@@H]3[C@]4(OC(C)=O)CO[C@@H]4C[C@H](O)[C@@]3(C)C(=O)[C@H](OC(C)=O)C(=C1C)C2(C)C)[C@@H](NC(=O)c1ccccc1)c1ccccc1. The van der Waals surface area contributed by atoms with Gasteiger partial charge in [0.2, 0.25) is 11.7 Å². The molecule has 1 amide bonds. The molecule has 3 fully saturated rings. The Balaban J connectivity index is 0.925. The van der Waals surface area contributed by atoms with Crippen molar-refractivity contribution in [3.8, 4) is 11.3 Å². The van der Waals surface area contributed by atoms with Gasteiger partial charge in [0.1, 0.15) is 30.0 Å². The van der Waals surface area contributed by atoms with Crippen molar-refractivity contribution >= 4 is 64.6 Å². The number of Topliss-reactive ketones (excluding diaryl/α,β-unsaturated/α-hetero) is 1. The number of nitrogens with one attached hydrogen (secondary N) is 1. The lowest BCUT2D eigenvalue weighted by Crippen LogP contribution is -2.82. The average molecular weight is 1280 g/mol. The number of amides is 1. The predicted molar refractivity (Wildman–Crippen MR) is 333 cm³/mol. The van der Waals surface area contributed by atoms with E-state index in [1.54, 1.807) is 104 Å². The van der Waals surface area contributed by atoms with Crippen molar-refractivity contribution in [2.75, 3.05) is 13.2 Å². The lowest BCUT2D eigenvalue weighted by atomic mass is 9.44. The van der Waals surface area contributed by atoms with Crippen LogP contribution in [0.3, 0.4) is 0 Å². The van der Waals surface area contributed by atoms with E-state index in [-0.39, 0.29) is 72.7 Å². The number of esters is 6. The third-order valence-electron chi connectivity index (χ3n) is 20.0. The second-order valence-electron chi connectivity index (χ2n) is 25.6. The smallest absolute Gasteiger partial charge is 0.350 e. The topological polar surface area (TPSA) is 321 Å². The highest BCUT2D eigenvalue weighted by atomic mass is 16.6. The number of cyclic esters (lactones) is 1. The molecule has 23 nitrogen and oxygen atoms in total. The van der Waals surface area contributed by atoms with Crippen molar-refractivity contribution < 1.29 is 86.8 Å². The fraction of sp³-hybridized carbons (Fsp3) is 0.394. The lowest BCUT2D eigenvalue weighted by Gasteiger charge is -2.67. The first-order valence-corrected chi connectivity index (χ1v) is 31.1. The Morgan fingerprint density at radius 3 is 2.15 bits per heavy atom. The molecule has 0 radical (unpaired) electrons. The number of ether oxygens (including phenoxy) is 7. The molecular formula is C71H70N4O19. The maximum Gasteiger partial charge on any atom is 0.350 e. The number of ketones is 1. The van der Waals surface area contributed by atoms with Gasteiger partial charge in [0.05, 0.1) is 52.9 Å². The van der Waals surface area contributed by atoms with Crippen LogP contribution in [-0.2, 0) is 80.7 Å². The molecule has 2 saturated carbocycles. The highest BCUT2D eigenvalue weighted by Gasteiger charge is 2.78. The van der Waals surface area contributed by atoms with E-state index in [1.165, 1.54) is 56.5 Å². The average Bonchev–Trinajstić information content (AvgIpc) is 0.788. The molecule has 4 aromatic carbocycles. The van der Waals surface area contributed by atoms with E-state index >= 15 is 9.59 Å². The number of aliphatic hydroxyl groups excluding tert-OH is 1. The van der Waals surface area contributed by atoms with E-state index in [4.69, 9.17) is 38.1 Å². The first-order valence-electron chi connectivity index (χ1n) is 31.1. The number of hydrogen-bond acceptors (Lipinski definition) is 21. The molecule has 6 aromatic rings. The Bertz CT molecular complexity index is 4250. The van der Waals surface area contributed by atoms with Crippen LogP contribution < -0.4 is 10.9 Å². The molecule has 12 atom stereocenters. The number of benzene rings is 4. The number of aliphatic imine (C=N–C) groups is 1. The minimum atomic E-state index is -2.54. The van der Waals surface area contributed by atoms with Gasteiger partial charge in [-0.25, -0.2) is 19.4 Å². The van der Waals surface area contributed by atoms with Crippen LogP contribution in [0.4, 0.5) is 0 Å². The maximum absolute atomic E-state index is 16.0. The van der Waals surface area contributed by atoms with Gasteiger partial charge in [-0.1, -0.05) is 106 Å². The van der Waals surface area contributed by atoms with Crippen LogP contribution in [0.15, 0.2) is 142 Å². The molecular weight excluding hydrogens is 1210 g/mol. The molecule has 0 spiro atoms. The number of pyridine rings is 2. The predicted octanol–water partition coefficient (Wildman–Crippen LogP) is 6.19. The maximum atomic E-state index is 16.0. The largest absolute Gasteiger partial charge is 0.455 e. The third kappa shape index (κ3) is 10.6. The van der Waals surface area contributed by atoms with Gasteiger partial charge in [-0.2, -0.15) is 0 Å². The van der Waals surface area contributed by atoms with E-state index < -0.39 is 142 Å². The first kappa shape index (κ1) is 64.6. The second-order valence-corrected chi connectivity index (χ2v) is 25.6. The van der Waals surface area contributed by atoms with E-state index in [0.29, 0.717) is 38.9 Å². The van der Waals surface area contributed by atoms with Crippen molar-refractivity contribution in [3.63, 3.8) is 0 Å². The molecule has 4 heterocycles. The van der Waals surface area contributed by atoms with Gasteiger partial charge in [-0.15, -0.1) is 0 Å². The molecule has 488 valence electrons. The van der Waals surface area contributed by atoms with E-state index in [0.717, 1.165) is 13.8 Å². The van der Waals surface area contributed by atoms with Crippen LogP contribution in [0.2, 0.25) is 0 Å². The third-order valence-corrected chi connectivity index (χ3v) is 20.0. The van der Waals surface area contributed by atoms with Crippen LogP contribution in [0.25, 0.3) is 22.2 Å². The molecule has 94 heavy (non-hydrogen) atoms. The molecule has 4 aliphatic carbocycles. The standard InChI is InChI=1S/C71H70N4O19/c1-8-69(86)50-31-45-46(63(82)75(50)36-89-66(69)85)30-44-47(43-26-18-19-27-48(43)73-56(44)45)34-72-29-28-53(79)92-58(55(40-20-12-9-13-21-40)74-62(81)41-22-14-10-15-23-41)65(84)91-49-33-71(87)61(93-64(83)42-24-16-11-17-25-42)59-68(7,51(78)32-52-70(59,35-88-52)94-39(4)77)60(80)57(90-38(3)76)54(37(49)2)67(71,5)6/h9-27,31,34,49,51-52,55,57-59,61,78,86-87H,8,28-30,32-33,35-36H2,1-7H3,(H,74,81)/t49-,51-,52+,55-,57+,58+,59-,61-,68+,69-,70-,71+/m0/s1. The zero-order chi connectivity index (χ0) is 67.0. The molecule has 4 N–H and O–H groups in total. The van der Waals surface area contributed by atoms with E-state index in [1.807, 2.05) is 6.07 Å². The lowest BCUT2D eigenvalue weighted by molar-refractivity contribution is -0.346. The van der Waals surface area contributed by atoms with Crippen molar-refractivity contribution in [1.29, 1.82) is 0 Å². The number of aromatic nitrogens is 2. The minimum absolute atomic E-state index is 0.0156. The van der Waals surface area contributed by atoms with Gasteiger partial charge >= 0.3 is 35.8 Å². The van der Waals surface area contributed by atoms with Crippen molar-refractivity contribution in [2.24, 2.45) is 21.7 Å². The highest BCUT2D eigenvalue weighted by Crippen LogP contribution is 2.64. The Morgan fingerprint density at radius 1 is 0.840 bits per heavy atom. The zero-order valence-corrected chi connectivity index (χ0v) is 52.6. The number of hydrogen-bond donors (Lipinski definition) is 4. The number of carbonyl (C=O) groups is 8. The molecule has 6 aliphatic rings. The monoisotopic (exact) mass is 1280 g/mol. The summed E-state index contributed by atoms with van der Waals surface area (Å²) in [5, 5.41) is 41.6. The fourth-order valence-corrected chi connectivity index (χ4v) is 15.0. The van der Waals surface area contributed by atoms with E-state index in [9.17, 15) is 48.9 Å². The summed E-state index contributed by atoms with van der Waals surface area (Å²) in [4.78, 5) is 139. The van der Waals surface area contributed by atoms with Gasteiger partial charge in [0.15, 0.2) is 24.2 Å². The molecule has 1 saturated heterocycles. The van der Waals surface area contributed by atoms with Crippen LogP contribution in [0.5, 0.6) is 0 Å². The molecule has 23 heteroatoms. The summed E-state index contributed by atoms with van der Waals surface area (Å²) >= 11 is 0. The van der Waals surface area contributed by atoms with Gasteiger partial charge < -0.3 is 53.8 Å². The van der Waals surface area contributed by atoms with Crippen LogP contribution in [0, 0.1) is 16.7 Å². The normalized spacial score (nSPS) is 27.6. The summed E-state index contributed by atoms with van der Waals surface area (Å²) in [6, 6.07) is 31.2. The Labute approximate surface area is 539 Å². The summed E-state index contributed by atoms with van der Waals surface area (Å²) in [6.07, 6.45) is -10.2. The number of carbonyl (C=O) groups excluding carboxylic acids is 8. The number of aliphatic hydroxyl groups is 3. The molecule has 12 rings (SSSR count). The Morgan fingerprint density at radius 2 is 1.50 bits per heavy atom. The quantitative estimate of drug-likeness (QED) is 0.0363. The summed E-state index contributed by atoms with van der Waals surface area (Å²) < 4.78 is 43.9. The minimum Gasteiger partial charge on any atom is -0.455 e. The van der Waals surface area contributed by atoms with Gasteiger partial charge in [-0.05, 0) is 78.9 Å². The number of fused-ring (bicyclic) bond motifs is 10. The van der Waals surface area contributed by atoms with Gasteiger partial charge in [-0.3, -0.25) is 38.3 Å². The molecule has 0 unspecified atom stereocenters. The summed E-state index contributed by atoms with van der Waals surface area (Å²) in [6.45, 7) is 8.74. The summed E-state index contributed by atoms with van der Waals surface area (Å²) in [7, 11) is 0. The van der Waals surface area contributed by atoms with Gasteiger partial charge in [0.25, 0.3) is 11.5 Å². The summed E-state index contributed by atoms with van der Waals surface area (Å²) in [5.74, 6) is -9.19. The van der Waals surface area contributed by atoms with Gasteiger partial charge in [0, 0.05) is 78.9 Å². The van der Waals surface area contributed by atoms with Crippen molar-refractivity contribution in [3.05, 3.63) is 182 Å². The molecule has 2 aliphatic heterocycles. The Hall–Kier alpha value is -9.55. The van der Waals surface area contributed by atoms with Crippen molar-refractivity contribution in [2.45, 2.75) is 147 Å². The number of nitrogens with zero attached hydrogens (tertiary/aromatic N) is 3. The highest BCUT2D eigenvalue weighted by molar-refractivity contribution is 6.04. The van der Waals surface area contributed by atoms with Crippen LogP contribution >= 0.6 is 0 Å². The fourth-order valence-electron chi connectivity index (χ4n) is 15.0. The van der Waals surface area contributed by atoms with Crippen LogP contribution in [0.1, 0.15) is 129 Å². The number of para-hydroxylation sites is 1. The second kappa shape index (κ2) is 24.4. The number of rotatable bonds is 16. The molecule has 2 aromatic heterocycles. The van der Waals surface area contributed by atoms with E-state index in [2.05, 4.69) is 10.3 Å². The zero-order valence-electron chi connectivity index (χ0n) is 52.6. The first-order chi connectivity index (χ1) is 44.8. The Kier molecular flexibility index (Phi) is 16.8. The summed E-state index contributed by atoms with van der Waals surface area (Å²) in [5.41, 5.74) is -7.42. The van der Waals surface area contributed by atoms with Crippen LogP contribution in [-0.4, -0.2) is 140 Å². The van der Waals surface area contributed by atoms with Crippen molar-refractivity contribution in [1.82, 2.24) is 14.9 Å².